The zero-order valence-electron chi connectivity index (χ0n) is 12.5. The van der Waals surface area contributed by atoms with Gasteiger partial charge in [-0.05, 0) is 37.1 Å². The minimum Gasteiger partial charge on any atom is -0.367 e. The molecule has 4 nitrogen and oxygen atoms in total. The summed E-state index contributed by atoms with van der Waals surface area (Å²) in [6.45, 7) is 0. The van der Waals surface area contributed by atoms with E-state index in [1.54, 1.807) is 36.5 Å². The van der Waals surface area contributed by atoms with E-state index in [1.807, 2.05) is 0 Å². The van der Waals surface area contributed by atoms with E-state index in [9.17, 15) is 4.79 Å². The smallest absolute Gasteiger partial charge is 0.255 e. The van der Waals surface area contributed by atoms with Gasteiger partial charge in [-0.15, -0.1) is 0 Å². The summed E-state index contributed by atoms with van der Waals surface area (Å²) in [4.78, 5) is 16.7. The number of pyridine rings is 1. The number of aromatic nitrogens is 1. The van der Waals surface area contributed by atoms with Gasteiger partial charge < -0.3 is 10.6 Å². The molecule has 2 aromatic rings. The number of rotatable bonds is 4. The van der Waals surface area contributed by atoms with Gasteiger partial charge in [-0.3, -0.25) is 4.79 Å². The van der Waals surface area contributed by atoms with E-state index < -0.39 is 0 Å². The zero-order valence-corrected chi connectivity index (χ0v) is 14.0. The number of benzene rings is 1. The summed E-state index contributed by atoms with van der Waals surface area (Å²) in [5.74, 6) is 0.451. The third kappa shape index (κ3) is 3.95. The number of hydrogen-bond acceptors (Lipinski definition) is 3. The van der Waals surface area contributed by atoms with Gasteiger partial charge in [0.1, 0.15) is 5.82 Å². The first kappa shape index (κ1) is 16.1. The Bertz CT molecular complexity index is 694. The lowest BCUT2D eigenvalue weighted by atomic mass is 10.2. The van der Waals surface area contributed by atoms with Crippen molar-refractivity contribution < 1.29 is 4.79 Å². The molecule has 120 valence electrons. The minimum atomic E-state index is -0.267. The van der Waals surface area contributed by atoms with Crippen LogP contribution < -0.4 is 10.6 Å². The van der Waals surface area contributed by atoms with Crippen LogP contribution in [0.25, 0.3) is 0 Å². The summed E-state index contributed by atoms with van der Waals surface area (Å²) < 4.78 is 0. The molecule has 23 heavy (non-hydrogen) atoms. The lowest BCUT2D eigenvalue weighted by Crippen LogP contribution is -2.17. The summed E-state index contributed by atoms with van der Waals surface area (Å²) in [5, 5.41) is 6.95. The number of carbonyl (C=O) groups excluding carboxylic acids is 1. The van der Waals surface area contributed by atoms with Crippen molar-refractivity contribution in [1.29, 1.82) is 0 Å². The van der Waals surface area contributed by atoms with Crippen LogP contribution in [-0.4, -0.2) is 16.9 Å². The predicted octanol–water partition coefficient (Wildman–Crippen LogP) is 5.00. The molecule has 2 N–H and O–H groups in total. The minimum absolute atomic E-state index is 0.267. The zero-order chi connectivity index (χ0) is 16.2. The van der Waals surface area contributed by atoms with E-state index in [2.05, 4.69) is 15.6 Å². The number of hydrogen-bond donors (Lipinski definition) is 2. The molecule has 1 heterocycles. The Morgan fingerprint density at radius 1 is 1.13 bits per heavy atom. The van der Waals surface area contributed by atoms with Gasteiger partial charge in [-0.2, -0.15) is 0 Å². The fourth-order valence-corrected chi connectivity index (χ4v) is 3.22. The predicted molar refractivity (Wildman–Crippen MR) is 94.5 cm³/mol. The van der Waals surface area contributed by atoms with Gasteiger partial charge in [0, 0.05) is 17.8 Å². The average molecular weight is 350 g/mol. The average Bonchev–Trinajstić information content (AvgIpc) is 3.04. The SMILES string of the molecule is O=C(Nc1c(Cl)cccc1Cl)c1ccnc(NC2CCCC2)c1. The van der Waals surface area contributed by atoms with Gasteiger partial charge in [-0.25, -0.2) is 4.98 Å². The number of nitrogens with zero attached hydrogens (tertiary/aromatic N) is 1. The lowest BCUT2D eigenvalue weighted by Gasteiger charge is -2.13. The topological polar surface area (TPSA) is 54.0 Å². The second kappa shape index (κ2) is 7.20. The third-order valence-corrected chi connectivity index (χ3v) is 4.56. The Morgan fingerprint density at radius 3 is 2.52 bits per heavy atom. The summed E-state index contributed by atoms with van der Waals surface area (Å²) in [6, 6.07) is 8.96. The summed E-state index contributed by atoms with van der Waals surface area (Å²) in [6.07, 6.45) is 6.40. The molecule has 1 aromatic carbocycles. The fourth-order valence-electron chi connectivity index (χ4n) is 2.73. The van der Waals surface area contributed by atoms with E-state index in [-0.39, 0.29) is 5.91 Å². The molecule has 6 heteroatoms. The quantitative estimate of drug-likeness (QED) is 0.816. The highest BCUT2D eigenvalue weighted by Gasteiger charge is 2.16. The molecule has 0 radical (unpaired) electrons. The maximum Gasteiger partial charge on any atom is 0.255 e. The summed E-state index contributed by atoms with van der Waals surface area (Å²) >= 11 is 12.2. The number of amides is 1. The molecule has 3 rings (SSSR count). The van der Waals surface area contributed by atoms with Crippen LogP contribution in [0.2, 0.25) is 10.0 Å². The van der Waals surface area contributed by atoms with Gasteiger partial charge in [0.15, 0.2) is 0 Å². The lowest BCUT2D eigenvalue weighted by molar-refractivity contribution is 0.102. The van der Waals surface area contributed by atoms with Crippen LogP contribution in [-0.2, 0) is 0 Å². The second-order valence-corrected chi connectivity index (χ2v) is 6.42. The van der Waals surface area contributed by atoms with Crippen molar-refractivity contribution >= 4 is 40.6 Å². The molecule has 0 unspecified atom stereocenters. The second-order valence-electron chi connectivity index (χ2n) is 5.61. The van der Waals surface area contributed by atoms with Gasteiger partial charge >= 0.3 is 0 Å². The molecule has 0 spiro atoms. The Morgan fingerprint density at radius 2 is 1.83 bits per heavy atom. The van der Waals surface area contributed by atoms with Crippen LogP contribution in [0.15, 0.2) is 36.5 Å². The first-order valence-corrected chi connectivity index (χ1v) is 8.37. The van der Waals surface area contributed by atoms with Gasteiger partial charge in [0.25, 0.3) is 5.91 Å². The van der Waals surface area contributed by atoms with E-state index in [0.717, 1.165) is 18.7 Å². The van der Waals surface area contributed by atoms with Gasteiger partial charge in [-0.1, -0.05) is 42.1 Å². The van der Waals surface area contributed by atoms with Crippen molar-refractivity contribution in [2.24, 2.45) is 0 Å². The van der Waals surface area contributed by atoms with E-state index in [0.29, 0.717) is 27.3 Å². The van der Waals surface area contributed by atoms with E-state index in [4.69, 9.17) is 23.2 Å². The fraction of sp³-hybridized carbons (Fsp3) is 0.294. The number of nitrogens with one attached hydrogen (secondary N) is 2. The monoisotopic (exact) mass is 349 g/mol. The number of para-hydroxylation sites is 1. The van der Waals surface area contributed by atoms with Gasteiger partial charge in [0.2, 0.25) is 0 Å². The highest BCUT2D eigenvalue weighted by Crippen LogP contribution is 2.30. The van der Waals surface area contributed by atoms with E-state index >= 15 is 0 Å². The molecule has 1 aliphatic rings. The molecule has 1 aliphatic carbocycles. The van der Waals surface area contributed by atoms with Crippen molar-refractivity contribution in [1.82, 2.24) is 4.98 Å². The van der Waals surface area contributed by atoms with Crippen molar-refractivity contribution in [3.63, 3.8) is 0 Å². The van der Waals surface area contributed by atoms with Crippen molar-refractivity contribution in [2.45, 2.75) is 31.7 Å². The first-order valence-electron chi connectivity index (χ1n) is 7.61. The molecule has 0 saturated heterocycles. The van der Waals surface area contributed by atoms with Crippen LogP contribution in [0.1, 0.15) is 36.0 Å². The van der Waals surface area contributed by atoms with Crippen LogP contribution in [0.5, 0.6) is 0 Å². The highest BCUT2D eigenvalue weighted by molar-refractivity contribution is 6.40. The molecular formula is C17H17Cl2N3O. The molecular weight excluding hydrogens is 333 g/mol. The Balaban J connectivity index is 1.74. The molecule has 0 bridgehead atoms. The Hall–Kier alpha value is -1.78. The van der Waals surface area contributed by atoms with Crippen molar-refractivity contribution in [3.05, 3.63) is 52.1 Å². The number of carbonyl (C=O) groups is 1. The largest absolute Gasteiger partial charge is 0.367 e. The molecule has 1 fully saturated rings. The molecule has 1 amide bonds. The molecule has 0 aliphatic heterocycles. The Labute approximate surface area is 145 Å². The van der Waals surface area contributed by atoms with Crippen LogP contribution in [0, 0.1) is 0 Å². The number of halogens is 2. The molecule has 1 saturated carbocycles. The summed E-state index contributed by atoms with van der Waals surface area (Å²) in [5.41, 5.74) is 0.930. The highest BCUT2D eigenvalue weighted by atomic mass is 35.5. The molecule has 1 aromatic heterocycles. The van der Waals surface area contributed by atoms with Gasteiger partial charge in [0.05, 0.1) is 15.7 Å². The van der Waals surface area contributed by atoms with Crippen molar-refractivity contribution in [2.75, 3.05) is 10.6 Å². The van der Waals surface area contributed by atoms with Crippen molar-refractivity contribution in [3.8, 4) is 0 Å². The molecule has 0 atom stereocenters. The Kier molecular flexibility index (Phi) is 5.03. The van der Waals surface area contributed by atoms with Crippen LogP contribution in [0.4, 0.5) is 11.5 Å². The maximum absolute atomic E-state index is 12.4. The maximum atomic E-state index is 12.4. The third-order valence-electron chi connectivity index (χ3n) is 3.93. The number of anilines is 2. The van der Waals surface area contributed by atoms with E-state index in [1.165, 1.54) is 12.8 Å². The summed E-state index contributed by atoms with van der Waals surface area (Å²) in [7, 11) is 0. The normalized spacial score (nSPS) is 14.7. The first-order chi connectivity index (χ1) is 11.1. The standard InChI is InChI=1S/C17H17Cl2N3O/c18-13-6-3-7-14(19)16(13)22-17(23)11-8-9-20-15(10-11)21-12-4-1-2-5-12/h3,6-10,12H,1-2,4-5H2,(H,20,21)(H,22,23). The van der Waals surface area contributed by atoms with Crippen LogP contribution in [0.3, 0.4) is 0 Å². The van der Waals surface area contributed by atoms with Crippen LogP contribution >= 0.6 is 23.2 Å².